The number of rotatable bonds is 6. The van der Waals surface area contributed by atoms with Crippen LogP contribution in [0.4, 0.5) is 0 Å². The van der Waals surface area contributed by atoms with Gasteiger partial charge in [0, 0.05) is 37.1 Å². The number of nitrogens with one attached hydrogen (secondary N) is 1. The summed E-state index contributed by atoms with van der Waals surface area (Å²) in [6.45, 7) is 5.45. The van der Waals surface area contributed by atoms with Crippen LogP contribution in [0.2, 0.25) is 0 Å². The zero-order valence-electron chi connectivity index (χ0n) is 13.0. The third kappa shape index (κ3) is 5.10. The molecule has 0 radical (unpaired) electrons. The van der Waals surface area contributed by atoms with Gasteiger partial charge in [0.2, 0.25) is 0 Å². The molecule has 0 bridgehead atoms. The van der Waals surface area contributed by atoms with Gasteiger partial charge in [0.1, 0.15) is 0 Å². The predicted molar refractivity (Wildman–Crippen MR) is 82.4 cm³/mol. The van der Waals surface area contributed by atoms with Crippen LogP contribution in [0.1, 0.15) is 35.8 Å². The first-order valence-corrected chi connectivity index (χ1v) is 7.72. The second kappa shape index (κ2) is 8.10. The Labute approximate surface area is 126 Å². The number of hydrogen-bond donors (Lipinski definition) is 1. The van der Waals surface area contributed by atoms with Crippen LogP contribution in [-0.4, -0.2) is 55.2 Å². The summed E-state index contributed by atoms with van der Waals surface area (Å²) in [7, 11) is 2.10. The number of ether oxygens (including phenoxy) is 1. The van der Waals surface area contributed by atoms with E-state index < -0.39 is 0 Å². The molecule has 0 aliphatic carbocycles. The minimum atomic E-state index is -0.0288. The number of aryl methyl sites for hydroxylation is 1. The van der Waals surface area contributed by atoms with Gasteiger partial charge < -0.3 is 15.0 Å². The van der Waals surface area contributed by atoms with Gasteiger partial charge in [-0.05, 0) is 32.0 Å². The summed E-state index contributed by atoms with van der Waals surface area (Å²) < 4.78 is 5.68. The van der Waals surface area contributed by atoms with E-state index in [1.165, 1.54) is 0 Å². The molecule has 1 fully saturated rings. The van der Waals surface area contributed by atoms with Gasteiger partial charge in [-0.25, -0.2) is 0 Å². The van der Waals surface area contributed by atoms with E-state index in [1.54, 1.807) is 12.3 Å². The van der Waals surface area contributed by atoms with E-state index in [1.807, 2.05) is 6.07 Å². The van der Waals surface area contributed by atoms with Crippen molar-refractivity contribution in [3.05, 3.63) is 29.6 Å². The molecule has 1 saturated heterocycles. The van der Waals surface area contributed by atoms with Crippen LogP contribution in [0.25, 0.3) is 0 Å². The van der Waals surface area contributed by atoms with Crippen molar-refractivity contribution in [1.29, 1.82) is 0 Å². The first kappa shape index (κ1) is 15.9. The number of carbonyl (C=O) groups is 1. The summed E-state index contributed by atoms with van der Waals surface area (Å²) in [4.78, 5) is 18.6. The molecule has 1 N–H and O–H groups in total. The Bertz CT molecular complexity index is 465. The number of morpholine rings is 1. The minimum absolute atomic E-state index is 0.0288. The number of nitrogens with zero attached hydrogens (tertiary/aromatic N) is 2. The van der Waals surface area contributed by atoms with Crippen LogP contribution >= 0.6 is 0 Å². The van der Waals surface area contributed by atoms with Crippen molar-refractivity contribution in [3.8, 4) is 0 Å². The first-order chi connectivity index (χ1) is 10.2. The fraction of sp³-hybridized carbons (Fsp3) is 0.625. The van der Waals surface area contributed by atoms with Gasteiger partial charge >= 0.3 is 0 Å². The molecular formula is C16H25N3O2. The number of carbonyl (C=O) groups excluding carboxylic acids is 1. The Kier molecular flexibility index (Phi) is 6.14. The molecule has 0 aromatic carbocycles. The highest BCUT2D eigenvalue weighted by Crippen LogP contribution is 2.07. The number of likely N-dealkylation sites (N-methyl/N-ethyl adjacent to an activating group) is 1. The average molecular weight is 291 g/mol. The molecule has 2 heterocycles. The fourth-order valence-corrected chi connectivity index (χ4v) is 2.50. The largest absolute Gasteiger partial charge is 0.375 e. The smallest absolute Gasteiger partial charge is 0.251 e. The van der Waals surface area contributed by atoms with E-state index in [0.29, 0.717) is 12.1 Å². The average Bonchev–Trinajstić information content (AvgIpc) is 2.48. The molecule has 5 heteroatoms. The van der Waals surface area contributed by atoms with Gasteiger partial charge in [-0.3, -0.25) is 9.78 Å². The molecule has 116 valence electrons. The van der Waals surface area contributed by atoms with Gasteiger partial charge in [-0.2, -0.15) is 0 Å². The Morgan fingerprint density at radius 3 is 3.19 bits per heavy atom. The fourth-order valence-electron chi connectivity index (χ4n) is 2.50. The summed E-state index contributed by atoms with van der Waals surface area (Å²) in [5.41, 5.74) is 1.66. The number of hydrogen-bond acceptors (Lipinski definition) is 4. The molecule has 1 aliphatic rings. The van der Waals surface area contributed by atoms with E-state index in [-0.39, 0.29) is 12.0 Å². The van der Waals surface area contributed by atoms with Gasteiger partial charge in [0.15, 0.2) is 0 Å². The van der Waals surface area contributed by atoms with E-state index in [4.69, 9.17) is 4.74 Å². The number of pyridine rings is 1. The van der Waals surface area contributed by atoms with E-state index in [2.05, 4.69) is 29.2 Å². The third-order valence-corrected chi connectivity index (χ3v) is 3.68. The standard InChI is InChI=1S/C16H25N3O2/c1-3-4-14-11-13(5-7-17-14)16(20)18-8-6-15-12-19(2)9-10-21-15/h5,7,11,15H,3-4,6,8-10,12H2,1-2H3,(H,18,20). The lowest BCUT2D eigenvalue weighted by Crippen LogP contribution is -2.41. The second-order valence-corrected chi connectivity index (χ2v) is 5.59. The molecule has 1 aromatic rings. The Balaban J connectivity index is 1.77. The normalized spacial score (nSPS) is 19.4. The van der Waals surface area contributed by atoms with Crippen LogP contribution < -0.4 is 5.32 Å². The molecule has 1 aromatic heterocycles. The Morgan fingerprint density at radius 2 is 2.43 bits per heavy atom. The van der Waals surface area contributed by atoms with Crippen molar-refractivity contribution >= 4 is 5.91 Å². The van der Waals surface area contributed by atoms with Gasteiger partial charge in [0.05, 0.1) is 12.7 Å². The van der Waals surface area contributed by atoms with Crippen LogP contribution in [-0.2, 0) is 11.2 Å². The molecule has 1 atom stereocenters. The lowest BCUT2D eigenvalue weighted by molar-refractivity contribution is -0.0226. The lowest BCUT2D eigenvalue weighted by Gasteiger charge is -2.30. The van der Waals surface area contributed by atoms with Crippen molar-refractivity contribution in [2.75, 3.05) is 33.3 Å². The third-order valence-electron chi connectivity index (χ3n) is 3.68. The molecule has 1 aliphatic heterocycles. The molecule has 1 unspecified atom stereocenters. The highest BCUT2D eigenvalue weighted by molar-refractivity contribution is 5.94. The SMILES string of the molecule is CCCc1cc(C(=O)NCCC2CN(C)CCO2)ccn1. The van der Waals surface area contributed by atoms with E-state index >= 15 is 0 Å². The van der Waals surface area contributed by atoms with Gasteiger partial charge in [-0.15, -0.1) is 0 Å². The quantitative estimate of drug-likeness (QED) is 0.862. The maximum Gasteiger partial charge on any atom is 0.251 e. The monoisotopic (exact) mass is 291 g/mol. The number of amides is 1. The first-order valence-electron chi connectivity index (χ1n) is 7.72. The summed E-state index contributed by atoms with van der Waals surface area (Å²) in [6, 6.07) is 3.64. The Morgan fingerprint density at radius 1 is 1.57 bits per heavy atom. The van der Waals surface area contributed by atoms with E-state index in [9.17, 15) is 4.79 Å². The molecule has 21 heavy (non-hydrogen) atoms. The van der Waals surface area contributed by atoms with Gasteiger partial charge in [0.25, 0.3) is 5.91 Å². The van der Waals surface area contributed by atoms with Crippen molar-refractivity contribution in [2.24, 2.45) is 0 Å². The van der Waals surface area contributed by atoms with Crippen LogP contribution in [0.5, 0.6) is 0 Å². The zero-order chi connectivity index (χ0) is 15.1. The molecular weight excluding hydrogens is 266 g/mol. The van der Waals surface area contributed by atoms with Gasteiger partial charge in [-0.1, -0.05) is 13.3 Å². The van der Waals surface area contributed by atoms with Crippen molar-refractivity contribution in [2.45, 2.75) is 32.3 Å². The predicted octanol–water partition coefficient (Wildman–Crippen LogP) is 1.48. The summed E-state index contributed by atoms with van der Waals surface area (Å²) in [5.74, 6) is -0.0288. The maximum absolute atomic E-state index is 12.1. The van der Waals surface area contributed by atoms with Crippen LogP contribution in [0, 0.1) is 0 Å². The van der Waals surface area contributed by atoms with Crippen molar-refractivity contribution in [3.63, 3.8) is 0 Å². The molecule has 2 rings (SSSR count). The summed E-state index contributed by atoms with van der Waals surface area (Å²) >= 11 is 0. The lowest BCUT2D eigenvalue weighted by atomic mass is 10.1. The Hall–Kier alpha value is -1.46. The topological polar surface area (TPSA) is 54.5 Å². The number of aromatic nitrogens is 1. The zero-order valence-corrected chi connectivity index (χ0v) is 13.0. The highest BCUT2D eigenvalue weighted by Gasteiger charge is 2.17. The summed E-state index contributed by atoms with van der Waals surface area (Å²) in [5, 5.41) is 2.97. The molecule has 1 amide bonds. The minimum Gasteiger partial charge on any atom is -0.375 e. The maximum atomic E-state index is 12.1. The van der Waals surface area contributed by atoms with Crippen LogP contribution in [0.15, 0.2) is 18.3 Å². The summed E-state index contributed by atoms with van der Waals surface area (Å²) in [6.07, 6.45) is 4.72. The second-order valence-electron chi connectivity index (χ2n) is 5.59. The van der Waals surface area contributed by atoms with Crippen molar-refractivity contribution < 1.29 is 9.53 Å². The molecule has 5 nitrogen and oxygen atoms in total. The molecule has 0 saturated carbocycles. The highest BCUT2D eigenvalue weighted by atomic mass is 16.5. The van der Waals surface area contributed by atoms with E-state index in [0.717, 1.165) is 44.7 Å². The molecule has 0 spiro atoms. The van der Waals surface area contributed by atoms with Crippen molar-refractivity contribution in [1.82, 2.24) is 15.2 Å². The van der Waals surface area contributed by atoms with Crippen LogP contribution in [0.3, 0.4) is 0 Å².